The first-order valence-electron chi connectivity index (χ1n) is 7.61. The Labute approximate surface area is 143 Å². The maximum atomic E-state index is 12.7. The monoisotopic (exact) mass is 346 g/mol. The lowest BCUT2D eigenvalue weighted by molar-refractivity contribution is -0.147. The van der Waals surface area contributed by atoms with Gasteiger partial charge in [0.05, 0.1) is 7.11 Å². The van der Waals surface area contributed by atoms with Crippen molar-refractivity contribution < 1.29 is 19.4 Å². The maximum Gasteiger partial charge on any atom is 0.329 e. The van der Waals surface area contributed by atoms with Gasteiger partial charge >= 0.3 is 5.97 Å². The highest BCUT2D eigenvalue weighted by molar-refractivity contribution is 7.13. The Bertz CT molecular complexity index is 771. The molecule has 1 aliphatic heterocycles. The molecule has 1 fully saturated rings. The van der Waals surface area contributed by atoms with Crippen molar-refractivity contribution in [1.29, 1.82) is 0 Å². The highest BCUT2D eigenvalue weighted by Gasteiger charge is 2.46. The Morgan fingerprint density at radius 1 is 1.33 bits per heavy atom. The van der Waals surface area contributed by atoms with Crippen LogP contribution in [0.25, 0.3) is 10.6 Å². The quantitative estimate of drug-likeness (QED) is 0.921. The average Bonchev–Trinajstić information content (AvgIpc) is 3.22. The fourth-order valence-electron chi connectivity index (χ4n) is 2.89. The molecule has 1 N–H and O–H groups in total. The molecule has 1 unspecified atom stereocenters. The number of hydrogen-bond acceptors (Lipinski definition) is 5. The number of thiazole rings is 1. The minimum Gasteiger partial charge on any atom is -0.497 e. The second-order valence-corrected chi connectivity index (χ2v) is 6.76. The number of rotatable bonds is 4. The number of carboxylic acid groups (broad SMARTS) is 1. The molecule has 1 saturated heterocycles. The van der Waals surface area contributed by atoms with Gasteiger partial charge in [0.1, 0.15) is 22.0 Å². The fraction of sp³-hybridized carbons (Fsp3) is 0.353. The summed E-state index contributed by atoms with van der Waals surface area (Å²) < 4.78 is 5.13. The molecule has 2 heterocycles. The van der Waals surface area contributed by atoms with Gasteiger partial charge in [0, 0.05) is 17.5 Å². The first kappa shape index (κ1) is 16.4. The van der Waals surface area contributed by atoms with E-state index < -0.39 is 11.5 Å². The molecule has 1 amide bonds. The van der Waals surface area contributed by atoms with Crippen molar-refractivity contribution in [2.24, 2.45) is 0 Å². The summed E-state index contributed by atoms with van der Waals surface area (Å²) >= 11 is 1.36. The van der Waals surface area contributed by atoms with E-state index in [-0.39, 0.29) is 5.91 Å². The first-order valence-corrected chi connectivity index (χ1v) is 8.49. The summed E-state index contributed by atoms with van der Waals surface area (Å²) in [5.41, 5.74) is 0.0310. The highest BCUT2D eigenvalue weighted by Crippen LogP contribution is 2.32. The standard InChI is InChI=1S/C17H18N2O4S/c1-17(16(21)22)8-3-9-19(17)15(20)13-10-24-14(18-13)11-4-6-12(23-2)7-5-11/h4-7,10H,3,8-9H2,1-2H3,(H,21,22). The number of aromatic nitrogens is 1. The van der Waals surface area contributed by atoms with Crippen molar-refractivity contribution in [3.63, 3.8) is 0 Å². The van der Waals surface area contributed by atoms with Crippen molar-refractivity contribution in [3.05, 3.63) is 35.3 Å². The van der Waals surface area contributed by atoms with E-state index in [2.05, 4.69) is 4.98 Å². The van der Waals surface area contributed by atoms with Gasteiger partial charge in [-0.2, -0.15) is 0 Å². The number of carboxylic acids is 1. The second kappa shape index (κ2) is 6.24. The number of amides is 1. The molecule has 3 rings (SSSR count). The molecule has 2 aromatic rings. The molecule has 7 heteroatoms. The number of likely N-dealkylation sites (tertiary alicyclic amines) is 1. The van der Waals surface area contributed by atoms with Crippen LogP contribution in [0.5, 0.6) is 5.75 Å². The van der Waals surface area contributed by atoms with Gasteiger partial charge < -0.3 is 14.7 Å². The lowest BCUT2D eigenvalue weighted by Gasteiger charge is -2.30. The predicted octanol–water partition coefficient (Wildman–Crippen LogP) is 2.90. The van der Waals surface area contributed by atoms with Crippen LogP contribution in [0.3, 0.4) is 0 Å². The Morgan fingerprint density at radius 3 is 2.67 bits per heavy atom. The van der Waals surface area contributed by atoms with Gasteiger partial charge in [-0.25, -0.2) is 9.78 Å². The molecular weight excluding hydrogens is 328 g/mol. The Kier molecular flexibility index (Phi) is 4.28. The maximum absolute atomic E-state index is 12.7. The minimum atomic E-state index is -1.15. The summed E-state index contributed by atoms with van der Waals surface area (Å²) in [7, 11) is 1.60. The molecule has 1 atom stereocenters. The molecule has 24 heavy (non-hydrogen) atoms. The molecule has 126 valence electrons. The van der Waals surface area contributed by atoms with Crippen LogP contribution in [0, 0.1) is 0 Å². The van der Waals surface area contributed by atoms with Crippen LogP contribution in [-0.2, 0) is 4.79 Å². The average molecular weight is 346 g/mol. The van der Waals surface area contributed by atoms with Crippen LogP contribution in [-0.4, -0.2) is 46.1 Å². The summed E-state index contributed by atoms with van der Waals surface area (Å²) in [6, 6.07) is 7.42. The number of ether oxygens (including phenoxy) is 1. The zero-order valence-electron chi connectivity index (χ0n) is 13.5. The second-order valence-electron chi connectivity index (χ2n) is 5.91. The van der Waals surface area contributed by atoms with Crippen molar-refractivity contribution in [2.75, 3.05) is 13.7 Å². The summed E-state index contributed by atoms with van der Waals surface area (Å²) in [4.78, 5) is 30.0. The van der Waals surface area contributed by atoms with E-state index in [4.69, 9.17) is 4.74 Å². The van der Waals surface area contributed by atoms with Crippen LogP contribution < -0.4 is 4.74 Å². The molecule has 0 spiro atoms. The van der Waals surface area contributed by atoms with E-state index in [1.54, 1.807) is 19.4 Å². The lowest BCUT2D eigenvalue weighted by atomic mass is 9.99. The first-order chi connectivity index (χ1) is 11.5. The number of methoxy groups -OCH3 is 1. The predicted molar refractivity (Wildman–Crippen MR) is 90.4 cm³/mol. The molecule has 0 saturated carbocycles. The van der Waals surface area contributed by atoms with Crippen LogP contribution in [0.2, 0.25) is 0 Å². The van der Waals surface area contributed by atoms with E-state index in [0.717, 1.165) is 16.3 Å². The molecule has 6 nitrogen and oxygen atoms in total. The van der Waals surface area contributed by atoms with Gasteiger partial charge in [0.25, 0.3) is 5.91 Å². The molecule has 1 aliphatic rings. The highest BCUT2D eigenvalue weighted by atomic mass is 32.1. The SMILES string of the molecule is COc1ccc(-c2nc(C(=O)N3CCCC3(C)C(=O)O)cs2)cc1. The summed E-state index contributed by atoms with van der Waals surface area (Å²) in [6.45, 7) is 2.04. The zero-order valence-corrected chi connectivity index (χ0v) is 14.3. The smallest absolute Gasteiger partial charge is 0.329 e. The van der Waals surface area contributed by atoms with E-state index in [1.807, 2.05) is 24.3 Å². The Morgan fingerprint density at radius 2 is 2.04 bits per heavy atom. The molecular formula is C17H18N2O4S. The van der Waals surface area contributed by atoms with Crippen molar-refractivity contribution in [1.82, 2.24) is 9.88 Å². The van der Waals surface area contributed by atoms with E-state index in [1.165, 1.54) is 16.2 Å². The number of carbonyl (C=O) groups excluding carboxylic acids is 1. The number of nitrogens with zero attached hydrogens (tertiary/aromatic N) is 2. The Balaban J connectivity index is 1.84. The van der Waals surface area contributed by atoms with Gasteiger partial charge in [0.15, 0.2) is 0 Å². The van der Waals surface area contributed by atoms with Gasteiger partial charge in [-0.1, -0.05) is 0 Å². The normalized spacial score (nSPS) is 20.2. The number of aliphatic carboxylic acids is 1. The van der Waals surface area contributed by atoms with E-state index in [0.29, 0.717) is 25.1 Å². The van der Waals surface area contributed by atoms with Crippen LogP contribution in [0.1, 0.15) is 30.3 Å². The van der Waals surface area contributed by atoms with Crippen molar-refractivity contribution in [3.8, 4) is 16.3 Å². The van der Waals surface area contributed by atoms with Gasteiger partial charge in [-0.3, -0.25) is 4.79 Å². The summed E-state index contributed by atoms with van der Waals surface area (Å²) in [6.07, 6.45) is 1.15. The Hall–Kier alpha value is -2.41. The number of hydrogen-bond donors (Lipinski definition) is 1. The van der Waals surface area contributed by atoms with Crippen LogP contribution in [0.15, 0.2) is 29.6 Å². The molecule has 0 aliphatic carbocycles. The molecule has 0 bridgehead atoms. The van der Waals surface area contributed by atoms with Gasteiger partial charge in [-0.15, -0.1) is 11.3 Å². The lowest BCUT2D eigenvalue weighted by Crippen LogP contribution is -2.50. The van der Waals surface area contributed by atoms with Gasteiger partial charge in [-0.05, 0) is 44.0 Å². The third-order valence-corrected chi connectivity index (χ3v) is 5.30. The topological polar surface area (TPSA) is 79.7 Å². The number of carbonyl (C=O) groups is 2. The van der Waals surface area contributed by atoms with Crippen LogP contribution >= 0.6 is 11.3 Å². The van der Waals surface area contributed by atoms with Gasteiger partial charge in [0.2, 0.25) is 0 Å². The van der Waals surface area contributed by atoms with Crippen molar-refractivity contribution >= 4 is 23.2 Å². The fourth-order valence-corrected chi connectivity index (χ4v) is 3.69. The molecule has 1 aromatic heterocycles. The molecule has 0 radical (unpaired) electrons. The number of benzene rings is 1. The third-order valence-electron chi connectivity index (χ3n) is 4.41. The van der Waals surface area contributed by atoms with E-state index >= 15 is 0 Å². The third kappa shape index (κ3) is 2.75. The zero-order chi connectivity index (χ0) is 17.3. The van der Waals surface area contributed by atoms with Crippen LogP contribution in [0.4, 0.5) is 0 Å². The van der Waals surface area contributed by atoms with Crippen molar-refractivity contribution in [2.45, 2.75) is 25.3 Å². The minimum absolute atomic E-state index is 0.292. The molecule has 1 aromatic carbocycles. The van der Waals surface area contributed by atoms with E-state index in [9.17, 15) is 14.7 Å². The largest absolute Gasteiger partial charge is 0.497 e. The summed E-state index contributed by atoms with van der Waals surface area (Å²) in [5, 5.41) is 11.9. The summed E-state index contributed by atoms with van der Waals surface area (Å²) in [5.74, 6) is -0.548.